The highest BCUT2D eigenvalue weighted by Crippen LogP contribution is 2.14. The highest BCUT2D eigenvalue weighted by atomic mass is 32.2. The van der Waals surface area contributed by atoms with Crippen molar-refractivity contribution in [3.8, 4) is 0 Å². The average Bonchev–Trinajstić information content (AvgIpc) is 2.21. The van der Waals surface area contributed by atoms with Crippen LogP contribution in [0.4, 0.5) is 0 Å². The van der Waals surface area contributed by atoms with Gasteiger partial charge in [0.2, 0.25) is 6.41 Å². The van der Waals surface area contributed by atoms with Crippen LogP contribution in [0.5, 0.6) is 0 Å². The van der Waals surface area contributed by atoms with Gasteiger partial charge in [-0.3, -0.25) is 4.79 Å². The van der Waals surface area contributed by atoms with E-state index in [1.807, 2.05) is 6.08 Å². The maximum Gasteiger partial charge on any atom is 0.213 e. The normalized spacial score (nSPS) is 13.4. The summed E-state index contributed by atoms with van der Waals surface area (Å²) in [6.07, 6.45) is 6.28. The third kappa shape index (κ3) is 8.84. The van der Waals surface area contributed by atoms with E-state index < -0.39 is 0 Å². The van der Waals surface area contributed by atoms with Gasteiger partial charge in [0.25, 0.3) is 0 Å². The van der Waals surface area contributed by atoms with Gasteiger partial charge >= 0.3 is 0 Å². The van der Waals surface area contributed by atoms with Gasteiger partial charge in [-0.25, -0.2) is 0 Å². The number of aliphatic hydroxyl groups is 1. The fourth-order valence-corrected chi connectivity index (χ4v) is 1.34. The van der Waals surface area contributed by atoms with Crippen LogP contribution in [-0.4, -0.2) is 34.2 Å². The number of nitrogens with zero attached hydrogens (tertiary/aromatic N) is 1. The summed E-state index contributed by atoms with van der Waals surface area (Å²) in [5.74, 6) is 0.382. The summed E-state index contributed by atoms with van der Waals surface area (Å²) in [5, 5.41) is 8.65. The van der Waals surface area contributed by atoms with E-state index in [1.165, 1.54) is 4.90 Å². The number of thiol groups is 2. The first kappa shape index (κ1) is 14.9. The first-order valence-electron chi connectivity index (χ1n) is 4.96. The van der Waals surface area contributed by atoms with Crippen LogP contribution in [0.3, 0.4) is 0 Å². The van der Waals surface area contributed by atoms with Crippen LogP contribution in [-0.2, 0) is 4.79 Å². The Labute approximate surface area is 102 Å². The third-order valence-electron chi connectivity index (χ3n) is 1.98. The first-order valence-corrected chi connectivity index (χ1v) is 5.99. The van der Waals surface area contributed by atoms with Gasteiger partial charge < -0.3 is 10.0 Å². The summed E-state index contributed by atoms with van der Waals surface area (Å²) in [6, 6.07) is 0. The van der Waals surface area contributed by atoms with Crippen molar-refractivity contribution in [2.45, 2.75) is 24.3 Å². The summed E-state index contributed by atoms with van der Waals surface area (Å²) in [4.78, 5) is 11.9. The van der Waals surface area contributed by atoms with Crippen molar-refractivity contribution in [3.63, 3.8) is 0 Å². The van der Waals surface area contributed by atoms with E-state index in [0.29, 0.717) is 18.9 Å². The van der Waals surface area contributed by atoms with E-state index in [-0.39, 0.29) is 11.2 Å². The van der Waals surface area contributed by atoms with Gasteiger partial charge in [-0.2, -0.15) is 25.3 Å². The smallest absolute Gasteiger partial charge is 0.213 e. The van der Waals surface area contributed by atoms with Crippen LogP contribution in [0.1, 0.15) is 19.8 Å². The lowest BCUT2D eigenvalue weighted by atomic mass is 10.1. The van der Waals surface area contributed by atoms with Gasteiger partial charge in [-0.05, 0) is 18.8 Å². The van der Waals surface area contributed by atoms with Crippen LogP contribution >= 0.6 is 25.3 Å². The molecule has 1 N–H and O–H groups in total. The summed E-state index contributed by atoms with van der Waals surface area (Å²) in [5.41, 5.74) is 0. The number of hydrogen-bond donors (Lipinski definition) is 3. The fourth-order valence-electron chi connectivity index (χ4n) is 1.04. The highest BCUT2D eigenvalue weighted by molar-refractivity contribution is 7.99. The maximum absolute atomic E-state index is 10.5. The summed E-state index contributed by atoms with van der Waals surface area (Å²) in [7, 11) is 0. The van der Waals surface area contributed by atoms with Crippen molar-refractivity contribution in [1.82, 2.24) is 4.90 Å². The van der Waals surface area contributed by atoms with Crippen LogP contribution < -0.4 is 0 Å². The molecule has 0 rings (SSSR count). The molecule has 1 unspecified atom stereocenters. The van der Waals surface area contributed by atoms with Crippen LogP contribution in [0.2, 0.25) is 0 Å². The van der Waals surface area contributed by atoms with Crippen molar-refractivity contribution in [1.29, 1.82) is 0 Å². The Balaban J connectivity index is 3.85. The largest absolute Gasteiger partial charge is 0.395 e. The Kier molecular flexibility index (Phi) is 9.04. The zero-order valence-corrected chi connectivity index (χ0v) is 10.7. The van der Waals surface area contributed by atoms with Gasteiger partial charge in [0.1, 0.15) is 0 Å². The molecule has 0 bridgehead atoms. The van der Waals surface area contributed by atoms with Gasteiger partial charge in [0.15, 0.2) is 0 Å². The maximum atomic E-state index is 10.5. The molecule has 5 heteroatoms. The number of hydrogen-bond acceptors (Lipinski definition) is 4. The van der Waals surface area contributed by atoms with Crippen molar-refractivity contribution in [2.24, 2.45) is 5.92 Å². The molecule has 1 atom stereocenters. The number of carbonyl (C=O) groups is 1. The lowest BCUT2D eigenvalue weighted by Gasteiger charge is -2.12. The second kappa shape index (κ2) is 9.12. The number of aliphatic hydroxyl groups excluding tert-OH is 1. The molecule has 0 aromatic rings. The quantitative estimate of drug-likeness (QED) is 0.347. The molecular weight excluding hydrogens is 230 g/mol. The van der Waals surface area contributed by atoms with E-state index in [1.54, 1.807) is 6.20 Å². The minimum absolute atomic E-state index is 0.0210. The van der Waals surface area contributed by atoms with Crippen LogP contribution in [0.15, 0.2) is 12.3 Å². The molecule has 1 amide bonds. The van der Waals surface area contributed by atoms with Crippen LogP contribution in [0.25, 0.3) is 0 Å². The van der Waals surface area contributed by atoms with Crippen LogP contribution in [0, 0.1) is 5.92 Å². The Hall–Kier alpha value is -0.130. The lowest BCUT2D eigenvalue weighted by Crippen LogP contribution is -2.19. The molecule has 0 aliphatic rings. The molecule has 0 aliphatic carbocycles. The molecule has 0 fully saturated rings. The zero-order chi connectivity index (χ0) is 11.7. The SMILES string of the molecule is CC(C=CN(C=O)CCO)CCC(S)S. The third-order valence-corrected chi connectivity index (χ3v) is 2.50. The van der Waals surface area contributed by atoms with Crippen molar-refractivity contribution in [2.75, 3.05) is 13.2 Å². The summed E-state index contributed by atoms with van der Waals surface area (Å²) in [6.45, 7) is 2.39. The molecule has 88 valence electrons. The molecule has 0 saturated carbocycles. The monoisotopic (exact) mass is 249 g/mol. The highest BCUT2D eigenvalue weighted by Gasteiger charge is 2.01. The molecule has 3 nitrogen and oxygen atoms in total. The molecule has 0 aliphatic heterocycles. The molecule has 0 radical (unpaired) electrons. The van der Waals surface area contributed by atoms with Gasteiger partial charge in [-0.1, -0.05) is 13.0 Å². The summed E-state index contributed by atoms with van der Waals surface area (Å²) >= 11 is 8.35. The van der Waals surface area contributed by atoms with Crippen molar-refractivity contribution >= 4 is 31.7 Å². The zero-order valence-electron chi connectivity index (χ0n) is 8.91. The molecule has 0 aromatic carbocycles. The Morgan fingerprint density at radius 1 is 1.40 bits per heavy atom. The van der Waals surface area contributed by atoms with E-state index in [2.05, 4.69) is 32.2 Å². The Morgan fingerprint density at radius 3 is 2.53 bits per heavy atom. The van der Waals surface area contributed by atoms with E-state index in [0.717, 1.165) is 12.8 Å². The van der Waals surface area contributed by atoms with E-state index in [9.17, 15) is 4.79 Å². The molecule has 0 aromatic heterocycles. The summed E-state index contributed by atoms with van der Waals surface area (Å²) < 4.78 is 0.112. The van der Waals surface area contributed by atoms with Gasteiger partial charge in [0, 0.05) is 17.3 Å². The van der Waals surface area contributed by atoms with E-state index >= 15 is 0 Å². The lowest BCUT2D eigenvalue weighted by molar-refractivity contribution is -0.116. The number of allylic oxidation sites excluding steroid dienone is 1. The molecule has 0 heterocycles. The van der Waals surface area contributed by atoms with Crippen molar-refractivity contribution in [3.05, 3.63) is 12.3 Å². The molecule has 0 saturated heterocycles. The fraction of sp³-hybridized carbons (Fsp3) is 0.700. The second-order valence-corrected chi connectivity index (χ2v) is 5.10. The minimum Gasteiger partial charge on any atom is -0.395 e. The topological polar surface area (TPSA) is 40.5 Å². The minimum atomic E-state index is -0.0210. The number of amides is 1. The van der Waals surface area contributed by atoms with E-state index in [4.69, 9.17) is 5.11 Å². The predicted molar refractivity (Wildman–Crippen MR) is 69.2 cm³/mol. The van der Waals surface area contributed by atoms with Gasteiger partial charge in [0.05, 0.1) is 6.61 Å². The molecule has 0 spiro atoms. The average molecular weight is 249 g/mol. The Morgan fingerprint density at radius 2 is 2.07 bits per heavy atom. The Bertz CT molecular complexity index is 198. The first-order chi connectivity index (χ1) is 7.10. The molecular formula is C10H19NO2S2. The predicted octanol–water partition coefficient (Wildman–Crippen LogP) is 1.55. The van der Waals surface area contributed by atoms with Gasteiger partial charge in [-0.15, -0.1) is 0 Å². The second-order valence-electron chi connectivity index (χ2n) is 3.44. The number of carbonyl (C=O) groups excluding carboxylic acids is 1. The standard InChI is InChI=1S/C10H19NO2S2/c1-9(2-3-10(14)15)4-5-11(8-13)6-7-12/h4-5,8-10,12,14-15H,2-3,6-7H2,1H3. The number of rotatable bonds is 8. The van der Waals surface area contributed by atoms with Crippen molar-refractivity contribution < 1.29 is 9.90 Å². The molecule has 15 heavy (non-hydrogen) atoms.